The Hall–Kier alpha value is -3.52. The van der Waals surface area contributed by atoms with Crippen LogP contribution >= 0.6 is 0 Å². The van der Waals surface area contributed by atoms with Crippen LogP contribution in [0.25, 0.3) is 16.8 Å². The highest BCUT2D eigenvalue weighted by atomic mass is 19.1. The van der Waals surface area contributed by atoms with E-state index in [-0.39, 0.29) is 17.3 Å². The summed E-state index contributed by atoms with van der Waals surface area (Å²) in [5.74, 6) is 0.992. The molecule has 0 amide bonds. The van der Waals surface area contributed by atoms with Gasteiger partial charge >= 0.3 is 0 Å². The number of aromatic nitrogens is 4. The molecular formula is C26H27FN6O. The molecule has 0 bridgehead atoms. The summed E-state index contributed by atoms with van der Waals surface area (Å²) in [6.45, 7) is 3.61. The van der Waals surface area contributed by atoms with Gasteiger partial charge in [-0.05, 0) is 61.4 Å². The van der Waals surface area contributed by atoms with Crippen molar-refractivity contribution in [1.29, 1.82) is 0 Å². The molecule has 0 saturated carbocycles. The van der Waals surface area contributed by atoms with Crippen molar-refractivity contribution >= 4 is 11.3 Å². The topological polar surface area (TPSA) is 81.6 Å². The van der Waals surface area contributed by atoms with Crippen LogP contribution < -0.4 is 15.4 Å². The Balaban J connectivity index is 1.33. The highest BCUT2D eigenvalue weighted by molar-refractivity contribution is 5.76. The van der Waals surface area contributed by atoms with Crippen molar-refractivity contribution in [3.05, 3.63) is 71.6 Å². The van der Waals surface area contributed by atoms with Crippen LogP contribution in [0, 0.1) is 18.2 Å². The first kappa shape index (κ1) is 21.0. The molecule has 7 nitrogen and oxygen atoms in total. The number of piperidine rings is 1. The second kappa shape index (κ2) is 7.77. The van der Waals surface area contributed by atoms with Gasteiger partial charge in [0.25, 0.3) is 0 Å². The van der Waals surface area contributed by atoms with Gasteiger partial charge in [-0.1, -0.05) is 6.07 Å². The Morgan fingerprint density at radius 3 is 2.71 bits per heavy atom. The molecule has 1 aromatic carbocycles. The first-order chi connectivity index (χ1) is 16.5. The molecule has 34 heavy (non-hydrogen) atoms. The zero-order valence-corrected chi connectivity index (χ0v) is 19.3. The van der Waals surface area contributed by atoms with Gasteiger partial charge in [-0.15, -0.1) is 0 Å². The van der Waals surface area contributed by atoms with Crippen LogP contribution in [0.3, 0.4) is 0 Å². The fourth-order valence-corrected chi connectivity index (χ4v) is 5.74. The van der Waals surface area contributed by atoms with Crippen LogP contribution in [0.5, 0.6) is 5.75 Å². The van der Waals surface area contributed by atoms with Gasteiger partial charge < -0.3 is 15.4 Å². The number of benzene rings is 1. The molecule has 2 aliphatic rings. The van der Waals surface area contributed by atoms with Gasteiger partial charge in [0.15, 0.2) is 5.82 Å². The Labute approximate surface area is 197 Å². The van der Waals surface area contributed by atoms with Crippen LogP contribution in [0.1, 0.15) is 35.8 Å². The number of rotatable bonds is 3. The number of halogens is 1. The third-order valence-corrected chi connectivity index (χ3v) is 7.63. The predicted molar refractivity (Wildman–Crippen MR) is 128 cm³/mol. The molecule has 4 heterocycles. The summed E-state index contributed by atoms with van der Waals surface area (Å²) in [5.41, 5.74) is 11.8. The van der Waals surface area contributed by atoms with Gasteiger partial charge in [-0.3, -0.25) is 4.98 Å². The van der Waals surface area contributed by atoms with Crippen LogP contribution in [0.2, 0.25) is 0 Å². The fourth-order valence-electron chi connectivity index (χ4n) is 5.74. The second-order valence-corrected chi connectivity index (χ2v) is 9.39. The van der Waals surface area contributed by atoms with Gasteiger partial charge in [0, 0.05) is 42.7 Å². The third kappa shape index (κ3) is 3.09. The number of nitrogens with zero attached hydrogens (tertiary/aromatic N) is 5. The molecule has 3 aromatic heterocycles. The molecule has 1 aliphatic carbocycles. The van der Waals surface area contributed by atoms with Crippen LogP contribution in [-0.2, 0) is 6.42 Å². The van der Waals surface area contributed by atoms with Crippen LogP contribution in [0.4, 0.5) is 10.2 Å². The molecule has 1 atom stereocenters. The van der Waals surface area contributed by atoms with Crippen LogP contribution in [-0.4, -0.2) is 39.8 Å². The van der Waals surface area contributed by atoms with Gasteiger partial charge in [0.1, 0.15) is 17.1 Å². The number of fused-ring (bicyclic) bond motifs is 2. The van der Waals surface area contributed by atoms with Crippen molar-refractivity contribution in [1.82, 2.24) is 19.6 Å². The zero-order valence-electron chi connectivity index (χ0n) is 19.3. The van der Waals surface area contributed by atoms with E-state index in [1.807, 2.05) is 25.3 Å². The van der Waals surface area contributed by atoms with E-state index < -0.39 is 0 Å². The summed E-state index contributed by atoms with van der Waals surface area (Å²) in [6, 6.07) is 10.9. The number of nitrogens with two attached hydrogens (primary N) is 1. The average molecular weight is 459 g/mol. The SMILES string of the molecule is COc1ccc(-c2c(C)nc(N3CCC4(CC3)Cc3ncccc3[C@H]4N)c3ccnn23)c(F)c1. The zero-order chi connectivity index (χ0) is 23.4. The summed E-state index contributed by atoms with van der Waals surface area (Å²) in [4.78, 5) is 11.8. The molecule has 2 N–H and O–H groups in total. The van der Waals surface area contributed by atoms with E-state index in [2.05, 4.69) is 21.0 Å². The van der Waals surface area contributed by atoms with E-state index in [9.17, 15) is 4.39 Å². The summed E-state index contributed by atoms with van der Waals surface area (Å²) in [5, 5.41) is 4.53. The Morgan fingerprint density at radius 2 is 1.97 bits per heavy atom. The summed E-state index contributed by atoms with van der Waals surface area (Å²) >= 11 is 0. The Kier molecular flexibility index (Phi) is 4.81. The van der Waals surface area contributed by atoms with Gasteiger partial charge in [-0.25, -0.2) is 13.9 Å². The minimum absolute atomic E-state index is 0.0171. The van der Waals surface area contributed by atoms with Gasteiger partial charge in [-0.2, -0.15) is 5.10 Å². The number of aryl methyl sites for hydroxylation is 1. The summed E-state index contributed by atoms with van der Waals surface area (Å²) in [6.07, 6.45) is 6.48. The highest BCUT2D eigenvalue weighted by Crippen LogP contribution is 2.50. The van der Waals surface area contributed by atoms with Crippen molar-refractivity contribution < 1.29 is 9.13 Å². The quantitative estimate of drug-likeness (QED) is 0.498. The molecule has 6 rings (SSSR count). The largest absolute Gasteiger partial charge is 0.497 e. The maximum Gasteiger partial charge on any atom is 0.155 e. The molecule has 0 radical (unpaired) electrons. The molecule has 1 saturated heterocycles. The number of pyridine rings is 1. The molecule has 0 unspecified atom stereocenters. The lowest BCUT2D eigenvalue weighted by molar-refractivity contribution is 0.187. The minimum atomic E-state index is -0.364. The Morgan fingerprint density at radius 1 is 1.15 bits per heavy atom. The van der Waals surface area contributed by atoms with E-state index in [0.717, 1.165) is 55.1 Å². The monoisotopic (exact) mass is 458 g/mol. The van der Waals surface area contributed by atoms with Crippen molar-refractivity contribution in [2.24, 2.45) is 11.1 Å². The van der Waals surface area contributed by atoms with E-state index >= 15 is 0 Å². The Bertz CT molecular complexity index is 1390. The number of methoxy groups -OCH3 is 1. The first-order valence-electron chi connectivity index (χ1n) is 11.6. The molecule has 174 valence electrons. The minimum Gasteiger partial charge on any atom is -0.497 e. The van der Waals surface area contributed by atoms with Gasteiger partial charge in [0.2, 0.25) is 0 Å². The van der Waals surface area contributed by atoms with E-state index in [1.165, 1.54) is 18.7 Å². The maximum absolute atomic E-state index is 14.9. The lowest BCUT2D eigenvalue weighted by Crippen LogP contribution is -2.44. The molecular weight excluding hydrogens is 431 g/mol. The molecule has 1 spiro atoms. The van der Waals surface area contributed by atoms with Gasteiger partial charge in [0.05, 0.1) is 24.7 Å². The summed E-state index contributed by atoms with van der Waals surface area (Å²) < 4.78 is 21.9. The fraction of sp³-hybridized carbons (Fsp3) is 0.346. The third-order valence-electron chi connectivity index (χ3n) is 7.63. The number of anilines is 1. The number of hydrogen-bond acceptors (Lipinski definition) is 6. The lowest BCUT2D eigenvalue weighted by Gasteiger charge is -2.42. The lowest BCUT2D eigenvalue weighted by atomic mass is 9.73. The molecule has 1 fully saturated rings. The van der Waals surface area contributed by atoms with E-state index in [4.69, 9.17) is 15.5 Å². The van der Waals surface area contributed by atoms with Crippen molar-refractivity contribution in [3.63, 3.8) is 0 Å². The van der Waals surface area contributed by atoms with Crippen LogP contribution in [0.15, 0.2) is 48.8 Å². The smallest absolute Gasteiger partial charge is 0.155 e. The summed E-state index contributed by atoms with van der Waals surface area (Å²) in [7, 11) is 1.53. The van der Waals surface area contributed by atoms with Crippen molar-refractivity contribution in [2.45, 2.75) is 32.2 Å². The predicted octanol–water partition coefficient (Wildman–Crippen LogP) is 4.09. The highest BCUT2D eigenvalue weighted by Gasteiger charge is 2.46. The molecule has 4 aromatic rings. The normalized spacial score (nSPS) is 19.1. The van der Waals surface area contributed by atoms with Crippen molar-refractivity contribution in [3.8, 4) is 17.0 Å². The maximum atomic E-state index is 14.9. The van der Waals surface area contributed by atoms with E-state index in [0.29, 0.717) is 17.0 Å². The second-order valence-electron chi connectivity index (χ2n) is 9.39. The van der Waals surface area contributed by atoms with Crippen molar-refractivity contribution in [2.75, 3.05) is 25.1 Å². The average Bonchev–Trinajstić information content (AvgIpc) is 3.43. The first-order valence-corrected chi connectivity index (χ1v) is 11.6. The number of hydrogen-bond donors (Lipinski definition) is 1. The standard InChI is InChI=1S/C26H27FN6O/c1-16-23(18-6-5-17(34-2)14-20(18)27)33-22(7-11-30-33)25(31-16)32-12-8-26(9-13-32)15-21-19(24(26)28)4-3-10-29-21/h3-7,10-11,14,24H,8-9,12-13,15,28H2,1-2H3/t24-/m1/s1. The van der Waals surface area contributed by atoms with E-state index in [1.54, 1.807) is 22.8 Å². The molecule has 1 aliphatic heterocycles. The molecule has 8 heteroatoms. The number of ether oxygens (including phenoxy) is 1.